The van der Waals surface area contributed by atoms with Gasteiger partial charge in [-0.3, -0.25) is 0 Å². The predicted molar refractivity (Wildman–Crippen MR) is 102 cm³/mol. The molecule has 0 saturated carbocycles. The van der Waals surface area contributed by atoms with Crippen molar-refractivity contribution < 1.29 is 4.79 Å². The van der Waals surface area contributed by atoms with Crippen LogP contribution in [0.5, 0.6) is 0 Å². The summed E-state index contributed by atoms with van der Waals surface area (Å²) in [7, 11) is 0. The molecule has 0 N–H and O–H groups in total. The molecule has 2 aromatic rings. The summed E-state index contributed by atoms with van der Waals surface area (Å²) in [6.45, 7) is 10.4. The molecule has 2 heteroatoms. The molecule has 0 saturated heterocycles. The van der Waals surface area contributed by atoms with Crippen LogP contribution in [0.2, 0.25) is 0 Å². The normalized spacial score (nSPS) is 11.5. The maximum Gasteiger partial charge on any atom is 0.124 e. The predicted octanol–water partition coefficient (Wildman–Crippen LogP) is 6.04. The number of allylic oxidation sites excluding steroid dienone is 5. The number of carbonyl (C=O) groups is 1. The number of carbonyl (C=O) groups excluding carboxylic acids is 1. The first-order valence-corrected chi connectivity index (χ1v) is 8.82. The summed E-state index contributed by atoms with van der Waals surface area (Å²) in [6, 6.07) is 6.59. The van der Waals surface area contributed by atoms with Crippen molar-refractivity contribution in [3.63, 3.8) is 0 Å². The number of aryl methyl sites for hydroxylation is 1. The van der Waals surface area contributed by atoms with Crippen LogP contribution >= 0.6 is 11.3 Å². The average Bonchev–Trinajstić information content (AvgIpc) is 2.89. The summed E-state index contributed by atoms with van der Waals surface area (Å²) in [4.78, 5) is 10.7. The van der Waals surface area contributed by atoms with Crippen molar-refractivity contribution >= 4 is 27.7 Å². The molecule has 0 fully saturated rings. The van der Waals surface area contributed by atoms with E-state index in [1.165, 1.54) is 26.8 Å². The van der Waals surface area contributed by atoms with Crippen molar-refractivity contribution in [2.75, 3.05) is 0 Å². The van der Waals surface area contributed by atoms with Gasteiger partial charge in [-0.2, -0.15) is 0 Å². The molecule has 0 aliphatic carbocycles. The molecule has 0 bridgehead atoms. The molecule has 2 rings (SSSR count). The average molecular weight is 324 g/mol. The molecule has 0 radical (unpaired) electrons. The highest BCUT2D eigenvalue weighted by Gasteiger charge is 2.05. The highest BCUT2D eigenvalue weighted by molar-refractivity contribution is 7.17. The largest absolute Gasteiger partial charge is 0.303 e. The van der Waals surface area contributed by atoms with Gasteiger partial charge in [-0.25, -0.2) is 0 Å². The van der Waals surface area contributed by atoms with E-state index < -0.39 is 0 Å². The van der Waals surface area contributed by atoms with Crippen LogP contribution in [0.15, 0.2) is 59.0 Å². The summed E-state index contributed by atoms with van der Waals surface area (Å²) in [5.41, 5.74) is 6.21. The van der Waals surface area contributed by atoms with Crippen LogP contribution in [0.3, 0.4) is 0 Å². The van der Waals surface area contributed by atoms with Crippen molar-refractivity contribution in [3.05, 3.63) is 70.2 Å². The SMILES string of the molecule is C=C(C)/C(=C\C=C(C)C)CCc1ccc2c(CC=O)csc2c1. The van der Waals surface area contributed by atoms with Crippen LogP contribution in [-0.4, -0.2) is 6.29 Å². The summed E-state index contributed by atoms with van der Waals surface area (Å²) >= 11 is 1.72. The van der Waals surface area contributed by atoms with Crippen LogP contribution in [0.25, 0.3) is 10.1 Å². The fraction of sp³-hybridized carbons (Fsp3) is 0.286. The standard InChI is InChI=1S/C21H24OS/c1-15(2)5-8-18(16(3)4)9-6-17-7-10-20-19(11-12-22)14-23-21(20)13-17/h5,7-8,10,12-14H,3,6,9,11H2,1-2,4H3/b18-8-. The Kier molecular flexibility index (Phi) is 6.12. The zero-order valence-electron chi connectivity index (χ0n) is 14.2. The van der Waals surface area contributed by atoms with E-state index in [1.807, 2.05) is 0 Å². The monoisotopic (exact) mass is 324 g/mol. The molecule has 0 aliphatic rings. The van der Waals surface area contributed by atoms with E-state index in [1.54, 1.807) is 11.3 Å². The zero-order chi connectivity index (χ0) is 16.8. The van der Waals surface area contributed by atoms with Gasteiger partial charge in [0.15, 0.2) is 0 Å². The molecular weight excluding hydrogens is 300 g/mol. The van der Waals surface area contributed by atoms with Crippen LogP contribution in [0.4, 0.5) is 0 Å². The van der Waals surface area contributed by atoms with E-state index in [0.717, 1.165) is 30.3 Å². The minimum absolute atomic E-state index is 0.505. The second-order valence-electron chi connectivity index (χ2n) is 6.18. The van der Waals surface area contributed by atoms with Gasteiger partial charge in [0.1, 0.15) is 6.29 Å². The molecule has 1 aromatic heterocycles. The molecule has 0 atom stereocenters. The molecule has 1 nitrogen and oxygen atoms in total. The fourth-order valence-electron chi connectivity index (χ4n) is 2.52. The van der Waals surface area contributed by atoms with Crippen molar-refractivity contribution in [2.45, 2.75) is 40.0 Å². The quantitative estimate of drug-likeness (QED) is 0.448. The Morgan fingerprint density at radius 3 is 2.65 bits per heavy atom. The Hall–Kier alpha value is -1.93. The summed E-state index contributed by atoms with van der Waals surface area (Å²) in [5, 5.41) is 3.31. The third-order valence-electron chi connectivity index (χ3n) is 3.87. The molecule has 0 aliphatic heterocycles. The van der Waals surface area contributed by atoms with Gasteiger partial charge in [-0.1, -0.05) is 42.0 Å². The van der Waals surface area contributed by atoms with Gasteiger partial charge in [-0.05, 0) is 67.1 Å². The molecule has 0 spiro atoms. The van der Waals surface area contributed by atoms with Crippen molar-refractivity contribution in [3.8, 4) is 0 Å². The molecule has 0 amide bonds. The third kappa shape index (κ3) is 4.77. The van der Waals surface area contributed by atoms with Crippen LogP contribution in [-0.2, 0) is 17.6 Å². The van der Waals surface area contributed by atoms with Gasteiger partial charge in [0.05, 0.1) is 0 Å². The molecular formula is C21H24OS. The smallest absolute Gasteiger partial charge is 0.124 e. The summed E-state index contributed by atoms with van der Waals surface area (Å²) in [5.74, 6) is 0. The van der Waals surface area contributed by atoms with E-state index in [-0.39, 0.29) is 0 Å². The van der Waals surface area contributed by atoms with E-state index >= 15 is 0 Å². The fourth-order valence-corrected chi connectivity index (χ4v) is 3.55. The Morgan fingerprint density at radius 1 is 1.22 bits per heavy atom. The number of thiophene rings is 1. The summed E-state index contributed by atoms with van der Waals surface area (Å²) in [6.07, 6.45) is 7.82. The minimum Gasteiger partial charge on any atom is -0.303 e. The number of fused-ring (bicyclic) bond motifs is 1. The van der Waals surface area contributed by atoms with Gasteiger partial charge in [0.2, 0.25) is 0 Å². The first-order chi connectivity index (χ1) is 11.0. The highest BCUT2D eigenvalue weighted by atomic mass is 32.1. The van der Waals surface area contributed by atoms with Gasteiger partial charge < -0.3 is 4.79 Å². The Bertz CT molecular complexity index is 770. The van der Waals surface area contributed by atoms with Crippen molar-refractivity contribution in [2.24, 2.45) is 0 Å². The van der Waals surface area contributed by atoms with Gasteiger partial charge >= 0.3 is 0 Å². The number of benzene rings is 1. The van der Waals surface area contributed by atoms with E-state index in [9.17, 15) is 4.79 Å². The number of aldehydes is 1. The Morgan fingerprint density at radius 2 is 2.00 bits per heavy atom. The molecule has 1 heterocycles. The minimum atomic E-state index is 0.505. The van der Waals surface area contributed by atoms with Crippen LogP contribution in [0, 0.1) is 0 Å². The summed E-state index contributed by atoms with van der Waals surface area (Å²) < 4.78 is 1.27. The lowest BCUT2D eigenvalue weighted by molar-refractivity contribution is -0.107. The second-order valence-corrected chi connectivity index (χ2v) is 7.09. The topological polar surface area (TPSA) is 17.1 Å². The maximum atomic E-state index is 10.7. The van der Waals surface area contributed by atoms with Crippen LogP contribution in [0.1, 0.15) is 38.3 Å². The van der Waals surface area contributed by atoms with Crippen molar-refractivity contribution in [1.29, 1.82) is 0 Å². The molecule has 120 valence electrons. The van der Waals surface area contributed by atoms with Gasteiger partial charge in [-0.15, -0.1) is 11.3 Å². The number of rotatable bonds is 7. The molecule has 23 heavy (non-hydrogen) atoms. The second kappa shape index (κ2) is 8.07. The first-order valence-electron chi connectivity index (χ1n) is 7.94. The maximum absolute atomic E-state index is 10.7. The lowest BCUT2D eigenvalue weighted by Gasteiger charge is -2.07. The van der Waals surface area contributed by atoms with E-state index in [2.05, 4.69) is 63.1 Å². The lowest BCUT2D eigenvalue weighted by atomic mass is 9.98. The number of hydrogen-bond donors (Lipinski definition) is 0. The van der Waals surface area contributed by atoms with Crippen molar-refractivity contribution in [1.82, 2.24) is 0 Å². The van der Waals surface area contributed by atoms with Gasteiger partial charge in [0, 0.05) is 11.1 Å². The van der Waals surface area contributed by atoms with Gasteiger partial charge in [0.25, 0.3) is 0 Å². The molecule has 0 unspecified atom stereocenters. The molecule has 1 aromatic carbocycles. The lowest BCUT2D eigenvalue weighted by Crippen LogP contribution is -1.91. The number of hydrogen-bond acceptors (Lipinski definition) is 2. The van der Waals surface area contributed by atoms with E-state index in [4.69, 9.17) is 0 Å². The third-order valence-corrected chi connectivity index (χ3v) is 4.87. The highest BCUT2D eigenvalue weighted by Crippen LogP contribution is 2.28. The zero-order valence-corrected chi connectivity index (χ0v) is 15.0. The Balaban J connectivity index is 2.15. The van der Waals surface area contributed by atoms with Crippen LogP contribution < -0.4 is 0 Å². The first kappa shape index (κ1) is 17.4. The Labute approximate surface area is 143 Å². The van der Waals surface area contributed by atoms with E-state index in [0.29, 0.717) is 6.42 Å².